The zero-order valence-corrected chi connectivity index (χ0v) is 16.0. The predicted octanol–water partition coefficient (Wildman–Crippen LogP) is 2.02. The Morgan fingerprint density at radius 1 is 1.19 bits per heavy atom. The summed E-state index contributed by atoms with van der Waals surface area (Å²) in [5, 5.41) is 3.76. The van der Waals surface area contributed by atoms with Gasteiger partial charge in [0.25, 0.3) is 0 Å². The van der Waals surface area contributed by atoms with Crippen LogP contribution in [0.3, 0.4) is 0 Å². The summed E-state index contributed by atoms with van der Waals surface area (Å²) in [5.41, 5.74) is 3.76. The molecule has 2 aromatic rings. The van der Waals surface area contributed by atoms with Gasteiger partial charge in [-0.25, -0.2) is 12.7 Å². The number of fused-ring (bicyclic) bond motifs is 2. The molecule has 0 atom stereocenters. The van der Waals surface area contributed by atoms with E-state index in [1.54, 1.807) is 20.9 Å². The molecule has 0 amide bonds. The van der Waals surface area contributed by atoms with Crippen molar-refractivity contribution in [1.29, 1.82) is 0 Å². The van der Waals surface area contributed by atoms with Gasteiger partial charge >= 0.3 is 0 Å². The summed E-state index contributed by atoms with van der Waals surface area (Å²) in [4.78, 5) is 0.156. The number of aromatic nitrogens is 1. The van der Waals surface area contributed by atoms with Crippen LogP contribution in [0.15, 0.2) is 15.5 Å². The van der Waals surface area contributed by atoms with Crippen LogP contribution in [0, 0.1) is 13.8 Å². The third kappa shape index (κ3) is 2.68. The summed E-state index contributed by atoms with van der Waals surface area (Å²) in [6.45, 7) is 4.93. The van der Waals surface area contributed by atoms with E-state index in [2.05, 4.69) is 11.2 Å². The second-order valence-electron chi connectivity index (χ2n) is 6.75. The standard InChI is InChI=1S/C18H22N2O5S/c1-11-18(12(2)25-19-11)26(21,22)20(3)7-4-15-14-6-9-23-16(14)10-13-5-8-24-17(13)15/h10H,4-9H2,1-3H3. The molecule has 2 aliphatic rings. The van der Waals surface area contributed by atoms with Crippen molar-refractivity contribution in [2.24, 2.45) is 0 Å². The number of benzene rings is 1. The van der Waals surface area contributed by atoms with Crippen LogP contribution < -0.4 is 9.47 Å². The molecule has 0 aliphatic carbocycles. The quantitative estimate of drug-likeness (QED) is 0.792. The van der Waals surface area contributed by atoms with Gasteiger partial charge in [-0.1, -0.05) is 5.16 Å². The van der Waals surface area contributed by atoms with E-state index in [9.17, 15) is 8.42 Å². The summed E-state index contributed by atoms with van der Waals surface area (Å²) in [5.74, 6) is 2.14. The lowest BCUT2D eigenvalue weighted by molar-refractivity contribution is 0.351. The van der Waals surface area contributed by atoms with Gasteiger partial charge in [0.1, 0.15) is 22.1 Å². The van der Waals surface area contributed by atoms with Crippen LogP contribution in [-0.2, 0) is 29.3 Å². The second-order valence-corrected chi connectivity index (χ2v) is 8.73. The molecular weight excluding hydrogens is 356 g/mol. The lowest BCUT2D eigenvalue weighted by Crippen LogP contribution is -2.30. The van der Waals surface area contributed by atoms with E-state index in [1.807, 2.05) is 0 Å². The second kappa shape index (κ2) is 6.28. The maximum absolute atomic E-state index is 12.9. The van der Waals surface area contributed by atoms with Crippen molar-refractivity contribution in [2.45, 2.75) is 38.0 Å². The van der Waals surface area contributed by atoms with Crippen LogP contribution in [0.25, 0.3) is 0 Å². The van der Waals surface area contributed by atoms with E-state index in [-0.39, 0.29) is 4.90 Å². The number of sulfonamides is 1. The first-order valence-corrected chi connectivity index (χ1v) is 10.2. The number of likely N-dealkylation sites (N-methyl/N-ethyl adjacent to an activating group) is 1. The van der Waals surface area contributed by atoms with E-state index in [0.29, 0.717) is 37.6 Å². The zero-order chi connectivity index (χ0) is 18.5. The Balaban J connectivity index is 1.61. The first-order chi connectivity index (χ1) is 12.4. The van der Waals surface area contributed by atoms with Gasteiger partial charge in [0.15, 0.2) is 5.76 Å². The lowest BCUT2D eigenvalue weighted by atomic mass is 9.97. The molecule has 0 fully saturated rings. The molecule has 0 unspecified atom stereocenters. The Labute approximate surface area is 152 Å². The third-order valence-electron chi connectivity index (χ3n) is 5.07. The van der Waals surface area contributed by atoms with Crippen LogP contribution in [0.4, 0.5) is 0 Å². The number of nitrogens with zero attached hydrogens (tertiary/aromatic N) is 2. The van der Waals surface area contributed by atoms with Crippen LogP contribution in [0.5, 0.6) is 11.5 Å². The molecule has 0 bridgehead atoms. The number of aryl methyl sites for hydroxylation is 2. The van der Waals surface area contributed by atoms with Crippen molar-refractivity contribution >= 4 is 10.0 Å². The first-order valence-electron chi connectivity index (χ1n) is 8.72. The molecule has 7 nitrogen and oxygen atoms in total. The van der Waals surface area contributed by atoms with Crippen molar-refractivity contribution in [1.82, 2.24) is 9.46 Å². The molecule has 2 aliphatic heterocycles. The third-order valence-corrected chi connectivity index (χ3v) is 7.18. The normalized spacial score (nSPS) is 15.7. The van der Waals surface area contributed by atoms with E-state index in [1.165, 1.54) is 4.31 Å². The van der Waals surface area contributed by atoms with Crippen LogP contribution in [0.2, 0.25) is 0 Å². The topological polar surface area (TPSA) is 81.9 Å². The van der Waals surface area contributed by atoms with Gasteiger partial charge in [-0.15, -0.1) is 0 Å². The molecule has 0 saturated carbocycles. The summed E-state index contributed by atoms with van der Waals surface area (Å²) >= 11 is 0. The molecule has 140 valence electrons. The average Bonchev–Trinajstić information content (AvgIpc) is 3.31. The Kier molecular flexibility index (Phi) is 4.19. The van der Waals surface area contributed by atoms with Crippen molar-refractivity contribution in [3.8, 4) is 11.5 Å². The van der Waals surface area contributed by atoms with E-state index < -0.39 is 10.0 Å². The van der Waals surface area contributed by atoms with Crippen molar-refractivity contribution in [3.05, 3.63) is 34.2 Å². The van der Waals surface area contributed by atoms with Crippen LogP contribution in [0.1, 0.15) is 28.1 Å². The highest BCUT2D eigenvalue weighted by molar-refractivity contribution is 7.89. The minimum atomic E-state index is -3.65. The number of hydrogen-bond donors (Lipinski definition) is 0. The Morgan fingerprint density at radius 2 is 1.96 bits per heavy atom. The summed E-state index contributed by atoms with van der Waals surface area (Å²) in [7, 11) is -2.06. The highest BCUT2D eigenvalue weighted by Gasteiger charge is 2.30. The summed E-state index contributed by atoms with van der Waals surface area (Å²) in [6, 6.07) is 2.07. The van der Waals surface area contributed by atoms with E-state index >= 15 is 0 Å². The largest absolute Gasteiger partial charge is 0.493 e. The fraction of sp³-hybridized carbons (Fsp3) is 0.500. The Hall–Kier alpha value is -2.06. The molecule has 4 rings (SSSR count). The molecule has 1 aromatic heterocycles. The monoisotopic (exact) mass is 378 g/mol. The van der Waals surface area contributed by atoms with Gasteiger partial charge in [0.2, 0.25) is 10.0 Å². The van der Waals surface area contributed by atoms with Gasteiger partial charge in [0.05, 0.1) is 13.2 Å². The van der Waals surface area contributed by atoms with Crippen molar-refractivity contribution in [3.63, 3.8) is 0 Å². The smallest absolute Gasteiger partial charge is 0.248 e. The van der Waals surface area contributed by atoms with Gasteiger partial charge in [0, 0.05) is 43.1 Å². The van der Waals surface area contributed by atoms with Gasteiger partial charge in [-0.05, 0) is 26.3 Å². The maximum Gasteiger partial charge on any atom is 0.248 e. The average molecular weight is 378 g/mol. The Bertz CT molecular complexity index is 913. The minimum Gasteiger partial charge on any atom is -0.493 e. The van der Waals surface area contributed by atoms with E-state index in [4.69, 9.17) is 14.0 Å². The van der Waals surface area contributed by atoms with Crippen LogP contribution >= 0.6 is 0 Å². The van der Waals surface area contributed by atoms with Crippen molar-refractivity contribution < 1.29 is 22.4 Å². The van der Waals surface area contributed by atoms with Crippen LogP contribution in [-0.4, -0.2) is 44.7 Å². The van der Waals surface area contributed by atoms with Gasteiger partial charge in [-0.3, -0.25) is 0 Å². The molecule has 0 N–H and O–H groups in total. The fourth-order valence-electron chi connectivity index (χ4n) is 3.74. The summed E-state index contributed by atoms with van der Waals surface area (Å²) < 4.78 is 43.7. The number of hydrogen-bond acceptors (Lipinski definition) is 6. The molecule has 1 aromatic carbocycles. The Morgan fingerprint density at radius 3 is 2.69 bits per heavy atom. The molecule has 8 heteroatoms. The minimum absolute atomic E-state index is 0.156. The fourth-order valence-corrected chi connectivity index (χ4v) is 5.19. The van der Waals surface area contributed by atoms with E-state index in [0.717, 1.165) is 41.0 Å². The first kappa shape index (κ1) is 17.4. The molecular formula is C18H22N2O5S. The number of rotatable bonds is 5. The maximum atomic E-state index is 12.9. The lowest BCUT2D eigenvalue weighted by Gasteiger charge is -2.19. The van der Waals surface area contributed by atoms with Gasteiger partial charge in [-0.2, -0.15) is 0 Å². The van der Waals surface area contributed by atoms with Crippen molar-refractivity contribution in [2.75, 3.05) is 26.8 Å². The highest BCUT2D eigenvalue weighted by atomic mass is 32.2. The molecule has 0 spiro atoms. The summed E-state index contributed by atoms with van der Waals surface area (Å²) in [6.07, 6.45) is 2.28. The number of ether oxygens (including phenoxy) is 2. The zero-order valence-electron chi connectivity index (χ0n) is 15.2. The molecule has 0 radical (unpaired) electrons. The molecule has 3 heterocycles. The SMILES string of the molecule is Cc1noc(C)c1S(=O)(=O)N(C)CCc1c2c(cc3c1OCC3)OCC2. The molecule has 26 heavy (non-hydrogen) atoms. The highest BCUT2D eigenvalue weighted by Crippen LogP contribution is 2.41. The van der Waals surface area contributed by atoms with Gasteiger partial charge < -0.3 is 14.0 Å². The molecule has 0 saturated heterocycles. The predicted molar refractivity (Wildman–Crippen MR) is 94.3 cm³/mol.